The minimum absolute atomic E-state index is 0.143. The fourth-order valence-corrected chi connectivity index (χ4v) is 3.31. The zero-order chi connectivity index (χ0) is 15.6. The summed E-state index contributed by atoms with van der Waals surface area (Å²) in [6.07, 6.45) is 2.05. The molecule has 0 saturated carbocycles. The molecule has 0 aliphatic carbocycles. The van der Waals surface area contributed by atoms with Gasteiger partial charge < -0.3 is 5.32 Å². The first-order valence-corrected chi connectivity index (χ1v) is 8.53. The fraction of sp³-hybridized carbons (Fsp3) is 0.812. The van der Waals surface area contributed by atoms with Crippen molar-refractivity contribution < 1.29 is 0 Å². The number of rotatable bonds is 5. The average Bonchev–Trinajstić information content (AvgIpc) is 2.77. The van der Waals surface area contributed by atoms with Crippen LogP contribution in [0.5, 0.6) is 0 Å². The van der Waals surface area contributed by atoms with Crippen molar-refractivity contribution in [3.8, 4) is 0 Å². The van der Waals surface area contributed by atoms with E-state index in [1.54, 1.807) is 0 Å². The van der Waals surface area contributed by atoms with Crippen molar-refractivity contribution in [1.82, 2.24) is 20.0 Å². The second kappa shape index (κ2) is 6.67. The van der Waals surface area contributed by atoms with E-state index < -0.39 is 0 Å². The van der Waals surface area contributed by atoms with Gasteiger partial charge in [0.15, 0.2) is 0 Å². The Hall–Kier alpha value is -0.580. The highest BCUT2D eigenvalue weighted by atomic mass is 35.5. The van der Waals surface area contributed by atoms with Gasteiger partial charge in [-0.15, -0.1) is 0 Å². The summed E-state index contributed by atoms with van der Waals surface area (Å²) >= 11 is 6.57. The predicted octanol–water partition coefficient (Wildman–Crippen LogP) is 3.08. The van der Waals surface area contributed by atoms with Crippen LogP contribution in [0.15, 0.2) is 0 Å². The molecule has 5 heteroatoms. The van der Waals surface area contributed by atoms with Gasteiger partial charge >= 0.3 is 0 Å². The van der Waals surface area contributed by atoms with Crippen LogP contribution in [-0.2, 0) is 19.5 Å². The topological polar surface area (TPSA) is 33.1 Å². The van der Waals surface area contributed by atoms with Crippen LogP contribution in [0.25, 0.3) is 0 Å². The predicted molar refractivity (Wildman–Crippen MR) is 88.9 cm³/mol. The number of hydrogen-bond acceptors (Lipinski definition) is 3. The lowest BCUT2D eigenvalue weighted by molar-refractivity contribution is 0.0552. The molecule has 0 bridgehead atoms. The van der Waals surface area contributed by atoms with Crippen molar-refractivity contribution in [3.05, 3.63) is 16.4 Å². The standard InChI is InChI=1S/C16H29ClN4/c1-6-12-9-20(16(4,5)11-18-12)10-14-15(17)13(7-2)19-21(14)8-3/h12,18H,6-11H2,1-5H3. The lowest BCUT2D eigenvalue weighted by Crippen LogP contribution is -2.61. The molecule has 1 aromatic heterocycles. The normalized spacial score (nSPS) is 22.7. The summed E-state index contributed by atoms with van der Waals surface area (Å²) in [5.41, 5.74) is 2.33. The van der Waals surface area contributed by atoms with Crippen molar-refractivity contribution >= 4 is 11.6 Å². The first-order valence-electron chi connectivity index (χ1n) is 8.15. The summed E-state index contributed by atoms with van der Waals surface area (Å²) in [5.74, 6) is 0. The third-order valence-electron chi connectivity index (χ3n) is 4.65. The third kappa shape index (κ3) is 3.43. The summed E-state index contributed by atoms with van der Waals surface area (Å²) < 4.78 is 2.07. The van der Waals surface area contributed by atoms with Gasteiger partial charge in [0.2, 0.25) is 0 Å². The Morgan fingerprint density at radius 1 is 1.33 bits per heavy atom. The van der Waals surface area contributed by atoms with Crippen LogP contribution >= 0.6 is 11.6 Å². The van der Waals surface area contributed by atoms with Crippen LogP contribution < -0.4 is 5.32 Å². The van der Waals surface area contributed by atoms with Crippen LogP contribution in [0.4, 0.5) is 0 Å². The lowest BCUT2D eigenvalue weighted by Gasteiger charge is -2.46. The maximum Gasteiger partial charge on any atom is 0.0863 e. The molecule has 21 heavy (non-hydrogen) atoms. The van der Waals surface area contributed by atoms with E-state index in [2.05, 4.69) is 54.6 Å². The highest BCUT2D eigenvalue weighted by Crippen LogP contribution is 2.27. The van der Waals surface area contributed by atoms with Crippen molar-refractivity contribution in [2.24, 2.45) is 0 Å². The van der Waals surface area contributed by atoms with Gasteiger partial charge in [-0.1, -0.05) is 25.4 Å². The number of hydrogen-bond donors (Lipinski definition) is 1. The number of nitrogens with zero attached hydrogens (tertiary/aromatic N) is 3. The smallest absolute Gasteiger partial charge is 0.0863 e. The summed E-state index contributed by atoms with van der Waals surface area (Å²) in [6.45, 7) is 14.9. The molecule has 2 rings (SSSR count). The van der Waals surface area contributed by atoms with Gasteiger partial charge in [0.1, 0.15) is 0 Å². The molecule has 0 aromatic carbocycles. The molecule has 120 valence electrons. The Labute approximate surface area is 133 Å². The van der Waals surface area contributed by atoms with E-state index in [0.29, 0.717) is 6.04 Å². The largest absolute Gasteiger partial charge is 0.311 e. The lowest BCUT2D eigenvalue weighted by atomic mass is 9.96. The molecule has 2 heterocycles. The van der Waals surface area contributed by atoms with Gasteiger partial charge in [0.05, 0.1) is 16.4 Å². The molecule has 1 N–H and O–H groups in total. The molecule has 1 aliphatic heterocycles. The van der Waals surface area contributed by atoms with Gasteiger partial charge in [-0.3, -0.25) is 9.58 Å². The molecule has 0 spiro atoms. The highest BCUT2D eigenvalue weighted by Gasteiger charge is 2.34. The Bertz CT molecular complexity index is 481. The molecular formula is C16H29ClN4. The maximum absolute atomic E-state index is 6.57. The Morgan fingerprint density at radius 3 is 2.62 bits per heavy atom. The van der Waals surface area contributed by atoms with Crippen molar-refractivity contribution in [2.45, 2.75) is 72.1 Å². The van der Waals surface area contributed by atoms with Gasteiger partial charge in [-0.2, -0.15) is 5.10 Å². The third-order valence-corrected chi connectivity index (χ3v) is 5.08. The number of aromatic nitrogens is 2. The molecular weight excluding hydrogens is 284 g/mol. The second-order valence-corrected chi connectivity index (χ2v) is 6.93. The van der Waals surface area contributed by atoms with Gasteiger partial charge in [-0.25, -0.2) is 0 Å². The average molecular weight is 313 g/mol. The monoisotopic (exact) mass is 312 g/mol. The zero-order valence-electron chi connectivity index (χ0n) is 14.0. The molecule has 1 unspecified atom stereocenters. The SMILES string of the molecule is CCc1nn(CC)c(CN2CC(CC)NCC2(C)C)c1Cl. The first kappa shape index (κ1) is 16.8. The van der Waals surface area contributed by atoms with Crippen molar-refractivity contribution in [1.29, 1.82) is 0 Å². The molecule has 1 aromatic rings. The molecule has 1 atom stereocenters. The fourth-order valence-electron chi connectivity index (χ4n) is 2.98. The molecule has 4 nitrogen and oxygen atoms in total. The number of nitrogens with one attached hydrogen (secondary N) is 1. The minimum Gasteiger partial charge on any atom is -0.311 e. The van der Waals surface area contributed by atoms with Crippen LogP contribution in [0.2, 0.25) is 5.02 Å². The summed E-state index contributed by atoms with van der Waals surface area (Å²) in [4.78, 5) is 2.55. The zero-order valence-corrected chi connectivity index (χ0v) is 14.8. The summed E-state index contributed by atoms with van der Waals surface area (Å²) in [7, 11) is 0. The van der Waals surface area contributed by atoms with Crippen LogP contribution in [0.3, 0.4) is 0 Å². The van der Waals surface area contributed by atoms with E-state index in [1.807, 2.05) is 0 Å². The van der Waals surface area contributed by atoms with Crippen molar-refractivity contribution in [3.63, 3.8) is 0 Å². The van der Waals surface area contributed by atoms with Crippen LogP contribution in [0, 0.1) is 0 Å². The number of aryl methyl sites for hydroxylation is 2. The molecule has 0 amide bonds. The van der Waals surface area contributed by atoms with Crippen LogP contribution in [-0.4, -0.2) is 39.4 Å². The van der Waals surface area contributed by atoms with E-state index in [0.717, 1.165) is 49.7 Å². The molecule has 1 fully saturated rings. The van der Waals surface area contributed by atoms with Crippen molar-refractivity contribution in [2.75, 3.05) is 13.1 Å². The minimum atomic E-state index is 0.143. The Balaban J connectivity index is 2.25. The van der Waals surface area contributed by atoms with E-state index >= 15 is 0 Å². The van der Waals surface area contributed by atoms with E-state index in [-0.39, 0.29) is 5.54 Å². The van der Waals surface area contributed by atoms with E-state index in [4.69, 9.17) is 11.6 Å². The Morgan fingerprint density at radius 2 is 2.05 bits per heavy atom. The molecule has 1 aliphatic rings. The van der Waals surface area contributed by atoms with Crippen LogP contribution in [0.1, 0.15) is 52.4 Å². The number of halogens is 1. The second-order valence-electron chi connectivity index (χ2n) is 6.56. The van der Waals surface area contributed by atoms with Gasteiger partial charge in [0.25, 0.3) is 0 Å². The molecule has 0 radical (unpaired) electrons. The van der Waals surface area contributed by atoms with Gasteiger partial charge in [-0.05, 0) is 33.6 Å². The Kier molecular flexibility index (Phi) is 5.33. The summed E-state index contributed by atoms with van der Waals surface area (Å²) in [6, 6.07) is 0.570. The summed E-state index contributed by atoms with van der Waals surface area (Å²) in [5, 5.41) is 9.14. The van der Waals surface area contributed by atoms with E-state index in [1.165, 1.54) is 5.69 Å². The maximum atomic E-state index is 6.57. The number of piperazine rings is 1. The van der Waals surface area contributed by atoms with Gasteiger partial charge in [0, 0.05) is 37.8 Å². The first-order chi connectivity index (χ1) is 9.92. The quantitative estimate of drug-likeness (QED) is 0.907. The van der Waals surface area contributed by atoms with E-state index in [9.17, 15) is 0 Å². The highest BCUT2D eigenvalue weighted by molar-refractivity contribution is 6.31. The molecule has 1 saturated heterocycles.